The van der Waals surface area contributed by atoms with Gasteiger partial charge in [0.1, 0.15) is 0 Å². The molecule has 2 aromatic heterocycles. The van der Waals surface area contributed by atoms with Gasteiger partial charge in [-0.1, -0.05) is 32.5 Å². The maximum Gasteiger partial charge on any atom is 0.151 e. The molecule has 2 heterocycles. The first-order valence-corrected chi connectivity index (χ1v) is 9.35. The second-order valence-electron chi connectivity index (χ2n) is 7.17. The smallest absolute Gasteiger partial charge is 0.151 e. The van der Waals surface area contributed by atoms with E-state index in [-0.39, 0.29) is 22.4 Å². The van der Waals surface area contributed by atoms with E-state index < -0.39 is 0 Å². The van der Waals surface area contributed by atoms with Gasteiger partial charge in [0.05, 0.1) is 17.3 Å². The van der Waals surface area contributed by atoms with Crippen LogP contribution >= 0.6 is 11.8 Å². The Morgan fingerprint density at radius 2 is 2.12 bits per heavy atom. The van der Waals surface area contributed by atoms with Gasteiger partial charge in [-0.05, 0) is 31.4 Å². The summed E-state index contributed by atoms with van der Waals surface area (Å²) >= 11 is 1.33. The van der Waals surface area contributed by atoms with Gasteiger partial charge < -0.3 is 5.73 Å². The van der Waals surface area contributed by atoms with E-state index >= 15 is 0 Å². The minimum absolute atomic E-state index is 0.0310. The molecule has 0 aliphatic carbocycles. The first kappa shape index (κ1) is 19.2. The van der Waals surface area contributed by atoms with E-state index in [1.165, 1.54) is 11.8 Å². The maximum atomic E-state index is 9.20. The van der Waals surface area contributed by atoms with Crippen molar-refractivity contribution in [3.8, 4) is 6.07 Å². The van der Waals surface area contributed by atoms with Crippen LogP contribution in [-0.4, -0.2) is 20.9 Å². The lowest BCUT2D eigenvalue weighted by molar-refractivity contribution is 0.534. The standard InChI is InChI=1S/C19H25N5S/c1-12(9-20)8-13(2)15-16-14(6-5-7-23-16)10-24-17(15)19(3,4)11-25-18(21)22/h5-7,10,12-13H,8,11H2,1-4H3,(H3,21,22)/t12-,13?/m0/s1. The fourth-order valence-corrected chi connectivity index (χ4v) is 3.75. The predicted octanol–water partition coefficient (Wildman–Crippen LogP) is 4.19. The topological polar surface area (TPSA) is 99.4 Å². The van der Waals surface area contributed by atoms with Crippen LogP contribution in [0.4, 0.5) is 0 Å². The van der Waals surface area contributed by atoms with E-state index in [0.29, 0.717) is 5.75 Å². The second kappa shape index (κ2) is 7.83. The number of amidine groups is 1. The molecule has 5 nitrogen and oxygen atoms in total. The molecule has 1 unspecified atom stereocenters. The number of rotatable bonds is 6. The van der Waals surface area contributed by atoms with Crippen LogP contribution < -0.4 is 5.73 Å². The number of pyridine rings is 2. The average Bonchev–Trinajstić information content (AvgIpc) is 2.58. The fraction of sp³-hybridized carbons (Fsp3) is 0.474. The molecule has 0 aliphatic rings. The average molecular weight is 356 g/mol. The minimum atomic E-state index is -0.262. The molecule has 2 rings (SSSR count). The molecule has 0 bridgehead atoms. The van der Waals surface area contributed by atoms with Gasteiger partial charge in [-0.15, -0.1) is 0 Å². The van der Waals surface area contributed by atoms with Crippen LogP contribution in [-0.2, 0) is 5.41 Å². The van der Waals surface area contributed by atoms with E-state index in [4.69, 9.17) is 16.1 Å². The zero-order valence-corrected chi connectivity index (χ0v) is 16.0. The lowest BCUT2D eigenvalue weighted by Gasteiger charge is -2.29. The summed E-state index contributed by atoms with van der Waals surface area (Å²) in [5.41, 5.74) is 8.30. The number of fused-ring (bicyclic) bond motifs is 1. The quantitative estimate of drug-likeness (QED) is 0.598. The molecule has 0 aliphatic heterocycles. The molecule has 0 amide bonds. The van der Waals surface area contributed by atoms with Crippen molar-refractivity contribution < 1.29 is 0 Å². The molecule has 3 N–H and O–H groups in total. The summed E-state index contributed by atoms with van der Waals surface area (Å²) in [7, 11) is 0. The highest BCUT2D eigenvalue weighted by atomic mass is 32.2. The Bertz CT molecular complexity index is 809. The van der Waals surface area contributed by atoms with E-state index in [9.17, 15) is 5.26 Å². The van der Waals surface area contributed by atoms with Crippen LogP contribution in [0.1, 0.15) is 51.3 Å². The SMILES string of the molecule is CC(C[C@H](C)C#N)c1c(C(C)(C)CSC(=N)N)ncc2cccnc12. The molecule has 25 heavy (non-hydrogen) atoms. The molecule has 0 saturated carbocycles. The van der Waals surface area contributed by atoms with Crippen molar-refractivity contribution in [3.05, 3.63) is 35.8 Å². The van der Waals surface area contributed by atoms with Crippen LogP contribution in [0.5, 0.6) is 0 Å². The minimum Gasteiger partial charge on any atom is -0.379 e. The molecular formula is C19H25N5S. The van der Waals surface area contributed by atoms with E-state index in [1.807, 2.05) is 25.3 Å². The molecule has 0 spiro atoms. The molecule has 2 atom stereocenters. The monoisotopic (exact) mass is 355 g/mol. The summed E-state index contributed by atoms with van der Waals surface area (Å²) < 4.78 is 0. The Hall–Kier alpha value is -2.13. The summed E-state index contributed by atoms with van der Waals surface area (Å²) in [6, 6.07) is 6.25. The molecular weight excluding hydrogens is 330 g/mol. The van der Waals surface area contributed by atoms with Crippen LogP contribution in [0, 0.1) is 22.7 Å². The van der Waals surface area contributed by atoms with Gasteiger partial charge in [0, 0.05) is 40.4 Å². The van der Waals surface area contributed by atoms with Gasteiger partial charge in [0.2, 0.25) is 0 Å². The number of aromatic nitrogens is 2. The molecule has 132 valence electrons. The van der Waals surface area contributed by atoms with Crippen molar-refractivity contribution >= 4 is 27.8 Å². The number of nitriles is 1. The van der Waals surface area contributed by atoms with Gasteiger partial charge in [0.15, 0.2) is 5.17 Å². The Labute approximate surface area is 153 Å². The van der Waals surface area contributed by atoms with Gasteiger partial charge in [0.25, 0.3) is 0 Å². The second-order valence-corrected chi connectivity index (χ2v) is 8.18. The number of nitrogens with zero attached hydrogens (tertiary/aromatic N) is 3. The van der Waals surface area contributed by atoms with Gasteiger partial charge in [-0.3, -0.25) is 15.4 Å². The zero-order chi connectivity index (χ0) is 18.6. The molecule has 2 aromatic rings. The Morgan fingerprint density at radius 1 is 1.40 bits per heavy atom. The van der Waals surface area contributed by atoms with E-state index in [0.717, 1.165) is 28.6 Å². The first-order valence-electron chi connectivity index (χ1n) is 8.36. The summed E-state index contributed by atoms with van der Waals surface area (Å²) in [6.07, 6.45) is 4.42. The van der Waals surface area contributed by atoms with Gasteiger partial charge >= 0.3 is 0 Å². The molecule has 6 heteroatoms. The number of nitrogens with one attached hydrogen (secondary N) is 1. The normalized spacial score (nSPS) is 14.0. The summed E-state index contributed by atoms with van der Waals surface area (Å²) in [6.45, 7) is 8.31. The zero-order valence-electron chi connectivity index (χ0n) is 15.2. The van der Waals surface area contributed by atoms with E-state index in [1.54, 1.807) is 6.20 Å². The molecule has 0 radical (unpaired) electrons. The lowest BCUT2D eigenvalue weighted by Crippen LogP contribution is -2.27. The Balaban J connectivity index is 2.57. The van der Waals surface area contributed by atoms with Crippen LogP contribution in [0.2, 0.25) is 0 Å². The predicted molar refractivity (Wildman–Crippen MR) is 105 cm³/mol. The van der Waals surface area contributed by atoms with Gasteiger partial charge in [-0.2, -0.15) is 5.26 Å². The highest BCUT2D eigenvalue weighted by molar-refractivity contribution is 8.13. The van der Waals surface area contributed by atoms with Crippen molar-refractivity contribution in [1.29, 1.82) is 10.7 Å². The highest BCUT2D eigenvalue weighted by Gasteiger charge is 2.30. The first-order chi connectivity index (χ1) is 11.8. The molecule has 0 aromatic carbocycles. The van der Waals surface area contributed by atoms with Crippen molar-refractivity contribution in [1.82, 2.24) is 9.97 Å². The maximum absolute atomic E-state index is 9.20. The van der Waals surface area contributed by atoms with Crippen molar-refractivity contribution in [2.24, 2.45) is 11.7 Å². The number of hydrogen-bond donors (Lipinski definition) is 2. The van der Waals surface area contributed by atoms with Gasteiger partial charge in [-0.25, -0.2) is 0 Å². The summed E-state index contributed by atoms with van der Waals surface area (Å²) in [5.74, 6) is 0.801. The summed E-state index contributed by atoms with van der Waals surface area (Å²) in [4.78, 5) is 9.37. The highest BCUT2D eigenvalue weighted by Crippen LogP contribution is 2.37. The summed E-state index contributed by atoms with van der Waals surface area (Å²) in [5, 5.41) is 17.8. The largest absolute Gasteiger partial charge is 0.379 e. The van der Waals surface area contributed by atoms with Crippen LogP contribution in [0.3, 0.4) is 0 Å². The third-order valence-corrected chi connectivity index (χ3v) is 5.51. The Morgan fingerprint density at radius 3 is 2.76 bits per heavy atom. The number of nitrogens with two attached hydrogens (primary N) is 1. The third-order valence-electron chi connectivity index (χ3n) is 4.33. The van der Waals surface area contributed by atoms with Crippen molar-refractivity contribution in [3.63, 3.8) is 0 Å². The van der Waals surface area contributed by atoms with Crippen molar-refractivity contribution in [2.75, 3.05) is 5.75 Å². The molecule has 0 saturated heterocycles. The number of hydrogen-bond acceptors (Lipinski definition) is 5. The lowest BCUT2D eigenvalue weighted by atomic mass is 9.81. The molecule has 0 fully saturated rings. The van der Waals surface area contributed by atoms with Crippen LogP contribution in [0.25, 0.3) is 10.9 Å². The van der Waals surface area contributed by atoms with Crippen molar-refractivity contribution in [2.45, 2.75) is 45.4 Å². The fourth-order valence-electron chi connectivity index (χ4n) is 3.10. The van der Waals surface area contributed by atoms with E-state index in [2.05, 4.69) is 31.8 Å². The Kier molecular flexibility index (Phi) is 6.02. The number of thioether (sulfide) groups is 1. The van der Waals surface area contributed by atoms with Crippen LogP contribution in [0.15, 0.2) is 24.5 Å². The third kappa shape index (κ3) is 4.49.